The van der Waals surface area contributed by atoms with Crippen molar-refractivity contribution in [2.24, 2.45) is 23.7 Å². The summed E-state index contributed by atoms with van der Waals surface area (Å²) in [5.74, 6) is -3.03. The molecular weight excluding hydrogens is 663 g/mol. The first-order valence-corrected chi connectivity index (χ1v) is 18.7. The number of nitrogens with one attached hydrogen (secondary N) is 2. The number of carbonyl (C=O) groups excluding carboxylic acids is 4. The van der Waals surface area contributed by atoms with E-state index in [-0.39, 0.29) is 37.3 Å². The van der Waals surface area contributed by atoms with Crippen LogP contribution >= 0.6 is 11.3 Å². The van der Waals surface area contributed by atoms with Gasteiger partial charge in [0.15, 0.2) is 0 Å². The first kappa shape index (κ1) is 39.3. The lowest BCUT2D eigenvalue weighted by Crippen LogP contribution is -2.56. The molecule has 2 aromatic carbocycles. The van der Waals surface area contributed by atoms with E-state index in [0.717, 1.165) is 27.1 Å². The van der Waals surface area contributed by atoms with E-state index in [1.165, 1.54) is 5.01 Å². The maximum absolute atomic E-state index is 14.1. The SMILES string of the molecule is CC(C)C[C@@H](C(=O)NN(CC(C)C)C(=O)[C@@H](C)NC(=O)OCC1c2ccccc2-c2ccccc21)C(C/C=C/c1cccs1)C(=O)OC(C)(C)C. The van der Waals surface area contributed by atoms with Crippen LogP contribution in [0.15, 0.2) is 72.1 Å². The number of amides is 3. The van der Waals surface area contributed by atoms with E-state index in [4.69, 9.17) is 9.47 Å². The van der Waals surface area contributed by atoms with Crippen LogP contribution in [-0.4, -0.2) is 53.7 Å². The van der Waals surface area contributed by atoms with Gasteiger partial charge >= 0.3 is 12.1 Å². The van der Waals surface area contributed by atoms with E-state index in [0.29, 0.717) is 6.42 Å². The Morgan fingerprint density at radius 1 is 0.863 bits per heavy atom. The minimum absolute atomic E-state index is 0.00478. The summed E-state index contributed by atoms with van der Waals surface area (Å²) in [4.78, 5) is 55.7. The Bertz CT molecular complexity index is 1630. The summed E-state index contributed by atoms with van der Waals surface area (Å²) in [7, 11) is 0. The number of rotatable bonds is 14. The van der Waals surface area contributed by atoms with Gasteiger partial charge in [0.1, 0.15) is 18.2 Å². The summed E-state index contributed by atoms with van der Waals surface area (Å²) >= 11 is 1.58. The monoisotopic (exact) mass is 715 g/mol. The summed E-state index contributed by atoms with van der Waals surface area (Å²) in [5, 5.41) is 5.89. The van der Waals surface area contributed by atoms with Crippen molar-refractivity contribution in [2.75, 3.05) is 13.2 Å². The van der Waals surface area contributed by atoms with E-state index in [1.807, 2.05) is 93.8 Å². The van der Waals surface area contributed by atoms with Crippen LogP contribution in [0, 0.1) is 23.7 Å². The third-order valence-electron chi connectivity index (χ3n) is 8.58. The molecule has 3 aromatic rings. The van der Waals surface area contributed by atoms with Crippen molar-refractivity contribution in [3.63, 3.8) is 0 Å². The van der Waals surface area contributed by atoms with Gasteiger partial charge in [-0.2, -0.15) is 0 Å². The summed E-state index contributed by atoms with van der Waals surface area (Å²) in [6.45, 7) is 15.1. The van der Waals surface area contributed by atoms with Crippen molar-refractivity contribution in [1.82, 2.24) is 15.8 Å². The molecule has 1 unspecified atom stereocenters. The fourth-order valence-electron chi connectivity index (χ4n) is 6.37. The van der Waals surface area contributed by atoms with Gasteiger partial charge in [0.05, 0.1) is 11.8 Å². The molecule has 1 aliphatic carbocycles. The van der Waals surface area contributed by atoms with Gasteiger partial charge in [0.2, 0.25) is 5.91 Å². The molecule has 51 heavy (non-hydrogen) atoms. The molecule has 0 bridgehead atoms. The van der Waals surface area contributed by atoms with Crippen molar-refractivity contribution >= 4 is 41.3 Å². The second kappa shape index (κ2) is 17.7. The van der Waals surface area contributed by atoms with Crippen LogP contribution in [0.2, 0.25) is 0 Å². The van der Waals surface area contributed by atoms with Crippen molar-refractivity contribution in [3.05, 3.63) is 88.1 Å². The highest BCUT2D eigenvalue weighted by molar-refractivity contribution is 7.10. The molecular formula is C41H53N3O6S. The number of carbonyl (C=O) groups is 4. The van der Waals surface area contributed by atoms with Crippen molar-refractivity contribution in [2.45, 2.75) is 85.8 Å². The second-order valence-corrected chi connectivity index (χ2v) is 16.0. The van der Waals surface area contributed by atoms with Gasteiger partial charge < -0.3 is 14.8 Å². The fourth-order valence-corrected chi connectivity index (χ4v) is 7.01. The van der Waals surface area contributed by atoms with Gasteiger partial charge in [0, 0.05) is 17.3 Å². The number of hydrogen-bond acceptors (Lipinski definition) is 7. The Balaban J connectivity index is 1.46. The topological polar surface area (TPSA) is 114 Å². The lowest BCUT2D eigenvalue weighted by atomic mass is 9.82. The van der Waals surface area contributed by atoms with Gasteiger partial charge in [-0.3, -0.25) is 24.8 Å². The number of esters is 1. The van der Waals surface area contributed by atoms with Gasteiger partial charge in [-0.25, -0.2) is 4.79 Å². The maximum Gasteiger partial charge on any atom is 0.407 e. The Kier molecular flexibility index (Phi) is 13.6. The van der Waals surface area contributed by atoms with Gasteiger partial charge in [-0.05, 0) is 92.1 Å². The molecule has 2 N–H and O–H groups in total. The molecule has 274 valence electrons. The molecule has 1 aliphatic rings. The van der Waals surface area contributed by atoms with Crippen LogP contribution in [0.4, 0.5) is 4.79 Å². The smallest absolute Gasteiger partial charge is 0.407 e. The number of fused-ring (bicyclic) bond motifs is 3. The van der Waals surface area contributed by atoms with Crippen LogP contribution in [0.3, 0.4) is 0 Å². The average molecular weight is 716 g/mol. The molecule has 3 atom stereocenters. The normalized spacial score (nSPS) is 14.5. The maximum atomic E-state index is 14.1. The largest absolute Gasteiger partial charge is 0.460 e. The lowest BCUT2D eigenvalue weighted by Gasteiger charge is -2.33. The number of allylic oxidation sites excluding steroid dienone is 1. The van der Waals surface area contributed by atoms with E-state index >= 15 is 0 Å². The third-order valence-corrected chi connectivity index (χ3v) is 9.42. The van der Waals surface area contributed by atoms with Crippen molar-refractivity contribution in [1.29, 1.82) is 0 Å². The molecule has 0 fully saturated rings. The molecule has 0 aliphatic heterocycles. The summed E-state index contributed by atoms with van der Waals surface area (Å²) in [5.41, 5.74) is 6.50. The first-order valence-electron chi connectivity index (χ1n) is 17.8. The molecule has 1 aromatic heterocycles. The molecule has 1 heterocycles. The summed E-state index contributed by atoms with van der Waals surface area (Å²) in [6.07, 6.45) is 3.81. The number of hydrogen-bond donors (Lipinski definition) is 2. The number of ether oxygens (including phenoxy) is 2. The Morgan fingerprint density at radius 2 is 1.49 bits per heavy atom. The molecule has 3 amide bonds. The number of hydrazine groups is 1. The Hall–Kier alpha value is -4.44. The molecule has 0 saturated carbocycles. The number of benzene rings is 2. The quantitative estimate of drug-likeness (QED) is 0.129. The minimum atomic E-state index is -1.00. The second-order valence-electron chi connectivity index (χ2n) is 15.0. The Morgan fingerprint density at radius 3 is 2.04 bits per heavy atom. The van der Waals surface area contributed by atoms with Gasteiger partial charge in [-0.1, -0.05) is 88.4 Å². The fraction of sp³-hybridized carbons (Fsp3) is 0.463. The standard InChI is InChI=1S/C41H53N3O6S/c1-26(2)23-35(34(39(47)50-41(6,7)8)21-13-15-29-16-14-22-51-29)37(45)43-44(24-27(3)4)38(46)28(5)42-40(48)49-25-36-32-19-11-9-17-30(32)31-18-10-12-20-33(31)36/h9-20,22,26-28,34-36H,21,23-25H2,1-8H3,(H,42,48)(H,43,45)/b15-13+/t28-,34?,35-/m1/s1. The summed E-state index contributed by atoms with van der Waals surface area (Å²) < 4.78 is 11.5. The first-order chi connectivity index (χ1) is 24.1. The third kappa shape index (κ3) is 11.0. The number of alkyl carbamates (subject to hydrolysis) is 1. The highest BCUT2D eigenvalue weighted by Gasteiger charge is 2.38. The zero-order chi connectivity index (χ0) is 37.3. The molecule has 0 radical (unpaired) electrons. The van der Waals surface area contributed by atoms with Crippen LogP contribution in [0.25, 0.3) is 17.2 Å². The highest BCUT2D eigenvalue weighted by atomic mass is 32.1. The van der Waals surface area contributed by atoms with Gasteiger partial charge in [0.25, 0.3) is 5.91 Å². The highest BCUT2D eigenvalue weighted by Crippen LogP contribution is 2.44. The van der Waals surface area contributed by atoms with E-state index in [1.54, 1.807) is 39.0 Å². The van der Waals surface area contributed by atoms with Gasteiger partial charge in [-0.15, -0.1) is 11.3 Å². The molecule has 0 saturated heterocycles. The minimum Gasteiger partial charge on any atom is -0.460 e. The predicted octanol–water partition coefficient (Wildman–Crippen LogP) is 8.21. The van der Waals surface area contributed by atoms with Crippen LogP contribution in [-0.2, 0) is 23.9 Å². The van der Waals surface area contributed by atoms with Crippen LogP contribution in [0.5, 0.6) is 0 Å². The Labute approximate surface area is 306 Å². The zero-order valence-corrected chi connectivity index (χ0v) is 31.9. The number of nitrogens with zero attached hydrogens (tertiary/aromatic N) is 1. The van der Waals surface area contributed by atoms with E-state index in [2.05, 4.69) is 22.9 Å². The van der Waals surface area contributed by atoms with Crippen LogP contribution in [0.1, 0.15) is 90.2 Å². The molecule has 4 rings (SSSR count). The lowest BCUT2D eigenvalue weighted by molar-refractivity contribution is -0.165. The molecule has 9 nitrogen and oxygen atoms in total. The molecule has 0 spiro atoms. The number of thiophene rings is 1. The van der Waals surface area contributed by atoms with Crippen molar-refractivity contribution in [3.8, 4) is 11.1 Å². The summed E-state index contributed by atoms with van der Waals surface area (Å²) in [6, 6.07) is 19.1. The van der Waals surface area contributed by atoms with E-state index in [9.17, 15) is 19.2 Å². The predicted molar refractivity (Wildman–Crippen MR) is 203 cm³/mol. The zero-order valence-electron chi connectivity index (χ0n) is 31.1. The van der Waals surface area contributed by atoms with Crippen LogP contribution < -0.4 is 10.7 Å². The van der Waals surface area contributed by atoms with E-state index < -0.39 is 47.4 Å². The van der Waals surface area contributed by atoms with Crippen molar-refractivity contribution < 1.29 is 28.7 Å². The molecule has 10 heteroatoms. The average Bonchev–Trinajstić information content (AvgIpc) is 3.69.